The van der Waals surface area contributed by atoms with Gasteiger partial charge in [0.2, 0.25) is 0 Å². The van der Waals surface area contributed by atoms with E-state index in [-0.39, 0.29) is 11.9 Å². The molecule has 1 fully saturated rings. The van der Waals surface area contributed by atoms with Crippen LogP contribution in [0.25, 0.3) is 0 Å². The van der Waals surface area contributed by atoms with Gasteiger partial charge in [0.25, 0.3) is 0 Å². The molecule has 1 heterocycles. The van der Waals surface area contributed by atoms with Crippen LogP contribution < -0.4 is 10.2 Å². The number of halogens is 1. The van der Waals surface area contributed by atoms with Crippen LogP contribution in [0.5, 0.6) is 0 Å². The number of ether oxygens (including phenoxy) is 1. The Kier molecular flexibility index (Phi) is 5.38. The second kappa shape index (κ2) is 7.04. The summed E-state index contributed by atoms with van der Waals surface area (Å²) >= 11 is 0. The van der Waals surface area contributed by atoms with Gasteiger partial charge < -0.3 is 15.0 Å². The Hall–Kier alpha value is -1.13. The fourth-order valence-corrected chi connectivity index (χ4v) is 2.81. The Bertz CT molecular complexity index is 432. The molecule has 3 nitrogen and oxygen atoms in total. The van der Waals surface area contributed by atoms with Crippen LogP contribution >= 0.6 is 0 Å². The monoisotopic (exact) mass is 280 g/mol. The maximum atomic E-state index is 13.5. The lowest BCUT2D eigenvalue weighted by Gasteiger charge is -2.30. The number of rotatable bonds is 5. The molecule has 2 atom stereocenters. The molecule has 0 aromatic heterocycles. The number of nitrogens with zero attached hydrogens (tertiary/aromatic N) is 1. The molecule has 0 aliphatic carbocycles. The minimum atomic E-state index is -0.180. The van der Waals surface area contributed by atoms with Gasteiger partial charge in [-0.15, -0.1) is 0 Å². The van der Waals surface area contributed by atoms with Gasteiger partial charge >= 0.3 is 0 Å². The van der Waals surface area contributed by atoms with Crippen molar-refractivity contribution in [3.63, 3.8) is 0 Å². The van der Waals surface area contributed by atoms with Crippen molar-refractivity contribution in [1.29, 1.82) is 0 Å². The quantitative estimate of drug-likeness (QED) is 0.897. The van der Waals surface area contributed by atoms with Gasteiger partial charge in [0.05, 0.1) is 6.61 Å². The molecule has 0 amide bonds. The summed E-state index contributed by atoms with van der Waals surface area (Å²) in [5.41, 5.74) is 2.10. The van der Waals surface area contributed by atoms with Crippen molar-refractivity contribution in [2.75, 3.05) is 38.8 Å². The average Bonchev–Trinajstić information content (AvgIpc) is 2.47. The molecule has 1 saturated heterocycles. The molecular weight excluding hydrogens is 255 g/mol. The first-order valence-corrected chi connectivity index (χ1v) is 7.37. The molecule has 1 N–H and O–H groups in total. The highest BCUT2D eigenvalue weighted by Gasteiger charge is 2.19. The third-order valence-corrected chi connectivity index (χ3v) is 4.09. The molecule has 2 rings (SSSR count). The smallest absolute Gasteiger partial charge is 0.123 e. The molecule has 2 unspecified atom stereocenters. The summed E-state index contributed by atoms with van der Waals surface area (Å²) in [6.45, 7) is 4.73. The molecule has 1 aromatic carbocycles. The summed E-state index contributed by atoms with van der Waals surface area (Å²) in [6, 6.07) is 5.17. The van der Waals surface area contributed by atoms with E-state index < -0.39 is 0 Å². The molecule has 0 saturated carbocycles. The number of anilines is 1. The molecule has 20 heavy (non-hydrogen) atoms. The Labute approximate surface area is 121 Å². The van der Waals surface area contributed by atoms with Gasteiger partial charge in [-0.1, -0.05) is 0 Å². The van der Waals surface area contributed by atoms with Crippen LogP contribution in [0.15, 0.2) is 18.2 Å². The van der Waals surface area contributed by atoms with Crippen molar-refractivity contribution in [1.82, 2.24) is 5.32 Å². The van der Waals surface area contributed by atoms with E-state index in [0.717, 1.165) is 37.4 Å². The molecule has 1 aliphatic rings. The number of nitrogens with one attached hydrogen (secondary N) is 1. The van der Waals surface area contributed by atoms with Gasteiger partial charge in [0, 0.05) is 31.9 Å². The summed E-state index contributed by atoms with van der Waals surface area (Å²) in [5.74, 6) is 0.386. The van der Waals surface area contributed by atoms with E-state index in [1.807, 2.05) is 13.1 Å². The highest BCUT2D eigenvalue weighted by Crippen LogP contribution is 2.28. The van der Waals surface area contributed by atoms with Gasteiger partial charge in [0.15, 0.2) is 0 Å². The molecule has 1 aliphatic heterocycles. The maximum absolute atomic E-state index is 13.5. The minimum Gasteiger partial charge on any atom is -0.381 e. The number of hydrogen-bond donors (Lipinski definition) is 1. The Morgan fingerprint density at radius 1 is 1.50 bits per heavy atom. The second-order valence-electron chi connectivity index (χ2n) is 5.68. The maximum Gasteiger partial charge on any atom is 0.123 e. The summed E-state index contributed by atoms with van der Waals surface area (Å²) in [6.07, 6.45) is 2.35. The van der Waals surface area contributed by atoms with Crippen LogP contribution in [-0.4, -0.2) is 33.9 Å². The van der Waals surface area contributed by atoms with Crippen LogP contribution in [0.4, 0.5) is 10.1 Å². The zero-order valence-corrected chi connectivity index (χ0v) is 12.7. The van der Waals surface area contributed by atoms with Gasteiger partial charge in [-0.25, -0.2) is 4.39 Å². The Morgan fingerprint density at radius 3 is 2.95 bits per heavy atom. The van der Waals surface area contributed by atoms with E-state index in [9.17, 15) is 4.39 Å². The summed E-state index contributed by atoms with van der Waals surface area (Å²) < 4.78 is 19.0. The first-order chi connectivity index (χ1) is 9.61. The second-order valence-corrected chi connectivity index (χ2v) is 5.68. The first kappa shape index (κ1) is 15.3. The van der Waals surface area contributed by atoms with Crippen molar-refractivity contribution in [2.24, 2.45) is 5.92 Å². The largest absolute Gasteiger partial charge is 0.381 e. The predicted molar refractivity (Wildman–Crippen MR) is 80.7 cm³/mol. The molecular formula is C16H25FN2O. The fourth-order valence-electron chi connectivity index (χ4n) is 2.81. The Balaban J connectivity index is 2.13. The zero-order chi connectivity index (χ0) is 14.5. The van der Waals surface area contributed by atoms with Gasteiger partial charge in [0.1, 0.15) is 5.82 Å². The lowest BCUT2D eigenvalue weighted by atomic mass is 10.00. The molecule has 1 aromatic rings. The van der Waals surface area contributed by atoms with Crippen LogP contribution in [0.3, 0.4) is 0 Å². The molecule has 4 heteroatoms. The van der Waals surface area contributed by atoms with Crippen LogP contribution in [-0.2, 0) is 4.74 Å². The van der Waals surface area contributed by atoms with Crippen LogP contribution in [0.1, 0.15) is 31.4 Å². The first-order valence-electron chi connectivity index (χ1n) is 7.37. The van der Waals surface area contributed by atoms with E-state index in [1.54, 1.807) is 6.07 Å². The molecule has 0 bridgehead atoms. The summed E-state index contributed by atoms with van der Waals surface area (Å²) in [7, 11) is 3.97. The fraction of sp³-hybridized carbons (Fsp3) is 0.625. The zero-order valence-electron chi connectivity index (χ0n) is 12.7. The lowest BCUT2D eigenvalue weighted by molar-refractivity contribution is 0.0576. The molecule has 112 valence electrons. The third kappa shape index (κ3) is 3.70. The molecule has 0 spiro atoms. The summed E-state index contributed by atoms with van der Waals surface area (Å²) in [5, 5.41) is 3.19. The van der Waals surface area contributed by atoms with E-state index in [2.05, 4.69) is 24.2 Å². The molecule has 0 radical (unpaired) electrons. The standard InChI is InChI=1S/C16H25FN2O/c1-12(18-2)15-9-14(17)6-7-16(15)19(3)10-13-5-4-8-20-11-13/h6-7,9,12-13,18H,4-5,8,10-11H2,1-3H3. The van der Waals surface area contributed by atoms with E-state index >= 15 is 0 Å². The van der Waals surface area contributed by atoms with Crippen molar-refractivity contribution < 1.29 is 9.13 Å². The highest BCUT2D eigenvalue weighted by atomic mass is 19.1. The normalized spacial score (nSPS) is 20.7. The SMILES string of the molecule is CNC(C)c1cc(F)ccc1N(C)CC1CCCOC1. The van der Waals surface area contributed by atoms with Crippen molar-refractivity contribution >= 4 is 5.69 Å². The summed E-state index contributed by atoms with van der Waals surface area (Å²) in [4.78, 5) is 2.22. The minimum absolute atomic E-state index is 0.130. The predicted octanol–water partition coefficient (Wildman–Crippen LogP) is 2.97. The van der Waals surface area contributed by atoms with Crippen LogP contribution in [0, 0.1) is 11.7 Å². The highest BCUT2D eigenvalue weighted by molar-refractivity contribution is 5.54. The third-order valence-electron chi connectivity index (χ3n) is 4.09. The average molecular weight is 280 g/mol. The van der Waals surface area contributed by atoms with E-state index in [1.165, 1.54) is 12.5 Å². The van der Waals surface area contributed by atoms with Gasteiger partial charge in [-0.05, 0) is 56.5 Å². The van der Waals surface area contributed by atoms with Crippen molar-refractivity contribution in [3.05, 3.63) is 29.6 Å². The number of hydrogen-bond acceptors (Lipinski definition) is 3. The van der Waals surface area contributed by atoms with E-state index in [0.29, 0.717) is 5.92 Å². The van der Waals surface area contributed by atoms with Crippen LogP contribution in [0.2, 0.25) is 0 Å². The van der Waals surface area contributed by atoms with Gasteiger partial charge in [-0.2, -0.15) is 0 Å². The van der Waals surface area contributed by atoms with Crippen molar-refractivity contribution in [2.45, 2.75) is 25.8 Å². The van der Waals surface area contributed by atoms with E-state index in [4.69, 9.17) is 4.74 Å². The number of benzene rings is 1. The van der Waals surface area contributed by atoms with Gasteiger partial charge in [-0.3, -0.25) is 0 Å². The lowest BCUT2D eigenvalue weighted by Crippen LogP contribution is -2.32. The Morgan fingerprint density at radius 2 is 2.30 bits per heavy atom. The topological polar surface area (TPSA) is 24.5 Å². The van der Waals surface area contributed by atoms with Crippen molar-refractivity contribution in [3.8, 4) is 0 Å².